The number of carbonyl (C=O) groups is 1. The summed E-state index contributed by atoms with van der Waals surface area (Å²) in [4.78, 5) is 13.0. The SMILES string of the molecule is CC12CC3CC(C1)CC(C(=O)c1ccccc1F)(C3)C2. The lowest BCUT2D eigenvalue weighted by molar-refractivity contribution is -0.0821. The van der Waals surface area contributed by atoms with Gasteiger partial charge >= 0.3 is 0 Å². The second-order valence-electron chi connectivity index (χ2n) is 7.86. The van der Waals surface area contributed by atoms with Crippen LogP contribution in [0.3, 0.4) is 0 Å². The minimum atomic E-state index is -0.349. The van der Waals surface area contributed by atoms with E-state index in [0.717, 1.165) is 19.3 Å². The van der Waals surface area contributed by atoms with Crippen molar-refractivity contribution in [2.45, 2.75) is 45.4 Å². The van der Waals surface area contributed by atoms with Crippen molar-refractivity contribution in [1.29, 1.82) is 0 Å². The Hall–Kier alpha value is -1.18. The monoisotopic (exact) mass is 272 g/mol. The number of Topliss-reactive ketones (excluding diaryl/α,β-unsaturated/α-hetero) is 1. The molecule has 2 atom stereocenters. The van der Waals surface area contributed by atoms with E-state index in [9.17, 15) is 9.18 Å². The Labute approximate surface area is 119 Å². The van der Waals surface area contributed by atoms with Gasteiger partial charge in [-0.2, -0.15) is 0 Å². The molecule has 20 heavy (non-hydrogen) atoms. The molecule has 4 aliphatic rings. The fraction of sp³-hybridized carbons (Fsp3) is 0.611. The fourth-order valence-corrected chi connectivity index (χ4v) is 5.92. The zero-order chi connectivity index (χ0) is 14.0. The van der Waals surface area contributed by atoms with Crippen LogP contribution in [0.15, 0.2) is 24.3 Å². The third kappa shape index (κ3) is 1.70. The molecule has 4 fully saturated rings. The lowest BCUT2D eigenvalue weighted by Crippen LogP contribution is -2.54. The van der Waals surface area contributed by atoms with Gasteiger partial charge in [0.05, 0.1) is 5.56 Å². The molecule has 0 saturated heterocycles. The Balaban J connectivity index is 1.75. The lowest BCUT2D eigenvalue weighted by atomic mass is 9.43. The molecule has 106 valence electrons. The van der Waals surface area contributed by atoms with Crippen molar-refractivity contribution in [3.05, 3.63) is 35.6 Å². The smallest absolute Gasteiger partial charge is 0.171 e. The summed E-state index contributed by atoms with van der Waals surface area (Å²) >= 11 is 0. The standard InChI is InChI=1S/C18H21FO/c1-17-7-12-6-13(8-17)10-18(9-12,11-17)16(20)14-4-2-3-5-15(14)19/h2-5,12-13H,6-11H2,1H3. The molecule has 4 aliphatic carbocycles. The molecule has 0 spiro atoms. The highest BCUT2D eigenvalue weighted by Crippen LogP contribution is 2.65. The van der Waals surface area contributed by atoms with Crippen LogP contribution in [-0.2, 0) is 0 Å². The summed E-state index contributed by atoms with van der Waals surface area (Å²) in [6.07, 6.45) is 6.80. The summed E-state index contributed by atoms with van der Waals surface area (Å²) < 4.78 is 14.0. The van der Waals surface area contributed by atoms with Gasteiger partial charge in [-0.25, -0.2) is 4.39 Å². The predicted molar refractivity (Wildman–Crippen MR) is 76.0 cm³/mol. The molecule has 4 bridgehead atoms. The summed E-state index contributed by atoms with van der Waals surface area (Å²) in [5, 5.41) is 0. The van der Waals surface area contributed by atoms with Gasteiger partial charge in [0.15, 0.2) is 5.78 Å². The minimum absolute atomic E-state index is 0.0796. The van der Waals surface area contributed by atoms with E-state index in [2.05, 4.69) is 6.92 Å². The molecule has 2 heteroatoms. The molecule has 0 radical (unpaired) electrons. The molecule has 0 N–H and O–H groups in total. The minimum Gasteiger partial charge on any atom is -0.293 e. The average Bonchev–Trinajstić information content (AvgIpc) is 2.35. The normalized spacial score (nSPS) is 41.9. The molecule has 4 saturated carbocycles. The summed E-state index contributed by atoms with van der Waals surface area (Å²) in [7, 11) is 0. The fourth-order valence-electron chi connectivity index (χ4n) is 5.92. The van der Waals surface area contributed by atoms with Crippen LogP contribution < -0.4 is 0 Å². The second-order valence-corrected chi connectivity index (χ2v) is 7.86. The third-order valence-electron chi connectivity index (χ3n) is 5.95. The summed E-state index contributed by atoms with van der Waals surface area (Å²) in [6.45, 7) is 2.34. The van der Waals surface area contributed by atoms with Gasteiger partial charge < -0.3 is 0 Å². The van der Waals surface area contributed by atoms with Crippen molar-refractivity contribution in [3.63, 3.8) is 0 Å². The third-order valence-corrected chi connectivity index (χ3v) is 5.95. The maximum Gasteiger partial charge on any atom is 0.171 e. The Morgan fingerprint density at radius 2 is 1.80 bits per heavy atom. The van der Waals surface area contributed by atoms with Crippen LogP contribution in [0.2, 0.25) is 0 Å². The zero-order valence-electron chi connectivity index (χ0n) is 12.0. The van der Waals surface area contributed by atoms with Gasteiger partial charge in [0.1, 0.15) is 5.82 Å². The van der Waals surface area contributed by atoms with Crippen LogP contribution in [0.5, 0.6) is 0 Å². The maximum atomic E-state index is 14.0. The van der Waals surface area contributed by atoms with Gasteiger partial charge in [-0.15, -0.1) is 0 Å². The van der Waals surface area contributed by atoms with Gasteiger partial charge in [0, 0.05) is 5.41 Å². The van der Waals surface area contributed by atoms with Crippen LogP contribution >= 0.6 is 0 Å². The first-order chi connectivity index (χ1) is 9.50. The van der Waals surface area contributed by atoms with Crippen molar-refractivity contribution in [3.8, 4) is 0 Å². The van der Waals surface area contributed by atoms with Gasteiger partial charge in [0.25, 0.3) is 0 Å². The number of benzene rings is 1. The van der Waals surface area contributed by atoms with E-state index in [4.69, 9.17) is 0 Å². The summed E-state index contributed by atoms with van der Waals surface area (Å²) in [6, 6.07) is 6.51. The lowest BCUT2D eigenvalue weighted by Gasteiger charge is -2.60. The quantitative estimate of drug-likeness (QED) is 0.718. The van der Waals surface area contributed by atoms with Crippen molar-refractivity contribution in [1.82, 2.24) is 0 Å². The summed E-state index contributed by atoms with van der Waals surface area (Å²) in [5.41, 5.74) is 0.379. The van der Waals surface area contributed by atoms with Crippen LogP contribution in [0.4, 0.5) is 4.39 Å². The van der Waals surface area contributed by atoms with E-state index >= 15 is 0 Å². The van der Waals surface area contributed by atoms with E-state index in [1.54, 1.807) is 18.2 Å². The number of halogens is 1. The highest BCUT2D eigenvalue weighted by atomic mass is 19.1. The Kier molecular flexibility index (Phi) is 2.47. The number of hydrogen-bond acceptors (Lipinski definition) is 1. The van der Waals surface area contributed by atoms with E-state index in [-0.39, 0.29) is 17.0 Å². The van der Waals surface area contributed by atoms with Gasteiger partial charge in [-0.1, -0.05) is 19.1 Å². The Bertz CT molecular complexity index is 563. The molecule has 0 aliphatic heterocycles. The molecule has 0 amide bonds. The number of rotatable bonds is 2. The van der Waals surface area contributed by atoms with Crippen LogP contribution in [0.25, 0.3) is 0 Å². The zero-order valence-corrected chi connectivity index (χ0v) is 12.0. The maximum absolute atomic E-state index is 14.0. The first kappa shape index (κ1) is 12.6. The van der Waals surface area contributed by atoms with E-state index < -0.39 is 0 Å². The van der Waals surface area contributed by atoms with E-state index in [1.807, 2.05) is 0 Å². The predicted octanol–water partition coefficient (Wildman–Crippen LogP) is 4.61. The number of carbonyl (C=O) groups excluding carboxylic acids is 1. The van der Waals surface area contributed by atoms with Gasteiger partial charge in [-0.05, 0) is 67.9 Å². The van der Waals surface area contributed by atoms with Crippen molar-refractivity contribution >= 4 is 5.78 Å². The van der Waals surface area contributed by atoms with E-state index in [1.165, 1.54) is 25.3 Å². The largest absolute Gasteiger partial charge is 0.293 e. The Morgan fingerprint density at radius 3 is 2.40 bits per heavy atom. The van der Waals surface area contributed by atoms with Crippen LogP contribution in [0, 0.1) is 28.5 Å². The first-order valence-corrected chi connectivity index (χ1v) is 7.79. The molecule has 0 heterocycles. The molecular formula is C18H21FO. The molecule has 5 rings (SSSR count). The number of hydrogen-bond donors (Lipinski definition) is 0. The van der Waals surface area contributed by atoms with Crippen molar-refractivity contribution < 1.29 is 9.18 Å². The van der Waals surface area contributed by atoms with Gasteiger partial charge in [0.2, 0.25) is 0 Å². The number of ketones is 1. The molecule has 2 unspecified atom stereocenters. The first-order valence-electron chi connectivity index (χ1n) is 7.79. The highest BCUT2D eigenvalue weighted by Gasteiger charge is 2.58. The molecule has 1 nitrogen and oxygen atoms in total. The van der Waals surface area contributed by atoms with Crippen LogP contribution in [-0.4, -0.2) is 5.78 Å². The van der Waals surface area contributed by atoms with Gasteiger partial charge in [-0.3, -0.25) is 4.79 Å². The average molecular weight is 272 g/mol. The second kappa shape index (κ2) is 3.93. The van der Waals surface area contributed by atoms with E-state index in [0.29, 0.717) is 22.8 Å². The molecule has 1 aromatic rings. The Morgan fingerprint density at radius 1 is 1.15 bits per heavy atom. The summed E-state index contributed by atoms with van der Waals surface area (Å²) in [5.74, 6) is 1.11. The molecule has 1 aromatic carbocycles. The molecular weight excluding hydrogens is 251 g/mol. The van der Waals surface area contributed by atoms with Crippen molar-refractivity contribution in [2.75, 3.05) is 0 Å². The van der Waals surface area contributed by atoms with Crippen LogP contribution in [0.1, 0.15) is 55.8 Å². The van der Waals surface area contributed by atoms with Crippen molar-refractivity contribution in [2.24, 2.45) is 22.7 Å². The topological polar surface area (TPSA) is 17.1 Å². The molecule has 0 aromatic heterocycles. The highest BCUT2D eigenvalue weighted by molar-refractivity contribution is 6.01.